The number of aliphatic hydroxyl groups excluding tert-OH is 1. The zero-order valence-corrected chi connectivity index (χ0v) is 14.4. The van der Waals surface area contributed by atoms with Gasteiger partial charge in [-0.25, -0.2) is 0 Å². The lowest BCUT2D eigenvalue weighted by Gasteiger charge is -2.22. The molecule has 0 saturated carbocycles. The van der Waals surface area contributed by atoms with Crippen molar-refractivity contribution in [2.24, 2.45) is 0 Å². The zero-order chi connectivity index (χ0) is 16.6. The van der Waals surface area contributed by atoms with Crippen molar-refractivity contribution in [3.05, 3.63) is 71.0 Å². The van der Waals surface area contributed by atoms with E-state index in [0.29, 0.717) is 12.0 Å². The minimum Gasteiger partial charge on any atom is -0.510 e. The van der Waals surface area contributed by atoms with Crippen LogP contribution < -0.4 is 0 Å². The van der Waals surface area contributed by atoms with Gasteiger partial charge in [-0.3, -0.25) is 4.79 Å². The second kappa shape index (κ2) is 5.89. The topological polar surface area (TPSA) is 37.3 Å². The van der Waals surface area contributed by atoms with Crippen molar-refractivity contribution < 1.29 is 9.90 Å². The Morgan fingerprint density at radius 1 is 0.957 bits per heavy atom. The fourth-order valence-corrected chi connectivity index (χ4v) is 4.04. The largest absolute Gasteiger partial charge is 0.510 e. The third-order valence-corrected chi connectivity index (χ3v) is 5.64. The lowest BCUT2D eigenvalue weighted by molar-refractivity contribution is -0.107. The summed E-state index contributed by atoms with van der Waals surface area (Å²) in [5, 5.41) is 10.2. The molecular weight excluding hydrogens is 304 g/mol. The van der Waals surface area contributed by atoms with E-state index in [0.717, 1.165) is 5.56 Å². The van der Waals surface area contributed by atoms with Crippen molar-refractivity contribution in [2.45, 2.75) is 31.9 Å². The van der Waals surface area contributed by atoms with E-state index < -0.39 is 4.75 Å². The molecule has 0 bridgehead atoms. The molecule has 23 heavy (non-hydrogen) atoms. The molecule has 2 nitrogen and oxygen atoms in total. The van der Waals surface area contributed by atoms with Crippen LogP contribution in [0.3, 0.4) is 0 Å². The summed E-state index contributed by atoms with van der Waals surface area (Å²) in [6.45, 7) is 5.70. The van der Waals surface area contributed by atoms with E-state index in [1.807, 2.05) is 6.92 Å². The number of hydrogen-bond donors (Lipinski definition) is 1. The summed E-state index contributed by atoms with van der Waals surface area (Å²) in [6.07, 6.45) is 0.640. The highest BCUT2D eigenvalue weighted by Gasteiger charge is 2.41. The average molecular weight is 324 g/mol. The Bertz CT molecular complexity index is 772. The zero-order valence-electron chi connectivity index (χ0n) is 13.6. The fourth-order valence-electron chi connectivity index (χ4n) is 2.89. The minimum absolute atomic E-state index is 0.0266. The third kappa shape index (κ3) is 3.06. The van der Waals surface area contributed by atoms with Crippen LogP contribution in [0, 0.1) is 6.92 Å². The van der Waals surface area contributed by atoms with Gasteiger partial charge in [-0.15, -0.1) is 0 Å². The molecule has 118 valence electrons. The smallest absolute Gasteiger partial charge is 0.219 e. The molecule has 1 aliphatic rings. The number of carbonyl (C=O) groups excluding carboxylic acids is 1. The maximum Gasteiger partial charge on any atom is 0.219 e. The maximum absolute atomic E-state index is 11.8. The number of rotatable bonds is 3. The second-order valence-corrected chi connectivity index (χ2v) is 7.81. The van der Waals surface area contributed by atoms with Crippen molar-refractivity contribution in [2.75, 3.05) is 0 Å². The molecule has 0 saturated heterocycles. The Balaban J connectivity index is 1.81. The van der Waals surface area contributed by atoms with Gasteiger partial charge in [0.2, 0.25) is 5.12 Å². The van der Waals surface area contributed by atoms with Crippen LogP contribution in [0.5, 0.6) is 0 Å². The predicted octanol–water partition coefficient (Wildman–Crippen LogP) is 5.07. The van der Waals surface area contributed by atoms with Gasteiger partial charge in [0.1, 0.15) is 5.76 Å². The van der Waals surface area contributed by atoms with Crippen LogP contribution in [0.1, 0.15) is 25.0 Å². The first-order valence-corrected chi connectivity index (χ1v) is 8.50. The molecule has 3 heteroatoms. The van der Waals surface area contributed by atoms with Gasteiger partial charge in [-0.05, 0) is 43.9 Å². The normalized spacial score (nSPS) is 21.1. The van der Waals surface area contributed by atoms with Gasteiger partial charge < -0.3 is 5.11 Å². The lowest BCUT2D eigenvalue weighted by Crippen LogP contribution is -2.23. The minimum atomic E-state index is -0.549. The summed E-state index contributed by atoms with van der Waals surface area (Å²) >= 11 is 1.22. The highest BCUT2D eigenvalue weighted by molar-refractivity contribution is 8.15. The molecule has 1 aliphatic heterocycles. The Morgan fingerprint density at radius 3 is 1.96 bits per heavy atom. The molecule has 1 unspecified atom stereocenters. The highest BCUT2D eigenvalue weighted by atomic mass is 32.2. The molecule has 2 aromatic rings. The van der Waals surface area contributed by atoms with Crippen LogP contribution in [-0.4, -0.2) is 15.0 Å². The van der Waals surface area contributed by atoms with Gasteiger partial charge in [0.25, 0.3) is 0 Å². The lowest BCUT2D eigenvalue weighted by atomic mass is 9.95. The van der Waals surface area contributed by atoms with Gasteiger partial charge in [0, 0.05) is 5.57 Å². The van der Waals surface area contributed by atoms with E-state index in [9.17, 15) is 9.90 Å². The number of hydrogen-bond acceptors (Lipinski definition) is 3. The third-order valence-electron chi connectivity index (χ3n) is 4.36. The van der Waals surface area contributed by atoms with E-state index in [4.69, 9.17) is 0 Å². The average Bonchev–Trinajstić information content (AvgIpc) is 2.72. The van der Waals surface area contributed by atoms with Crippen molar-refractivity contribution in [3.63, 3.8) is 0 Å². The fraction of sp³-hybridized carbons (Fsp3) is 0.250. The predicted molar refractivity (Wildman–Crippen MR) is 96.7 cm³/mol. The van der Waals surface area contributed by atoms with Crippen LogP contribution in [0.2, 0.25) is 0 Å². The highest BCUT2D eigenvalue weighted by Crippen LogP contribution is 2.44. The van der Waals surface area contributed by atoms with Gasteiger partial charge in [-0.2, -0.15) is 0 Å². The second-order valence-electron chi connectivity index (χ2n) is 6.33. The Kier molecular flexibility index (Phi) is 4.07. The molecule has 1 N–H and O–H groups in total. The summed E-state index contributed by atoms with van der Waals surface area (Å²) in [6, 6.07) is 16.8. The standard InChI is InChI=1S/C20H20O2S/c1-13-4-8-16(9-5-13)17-10-6-15(7-11-17)12-20(3)18(21)14(2)19(22)23-20/h4-11,21H,12H2,1-3H3. The number of aryl methyl sites for hydroxylation is 1. The van der Waals surface area contributed by atoms with Crippen LogP contribution in [0.15, 0.2) is 59.9 Å². The van der Waals surface area contributed by atoms with Gasteiger partial charge in [0.15, 0.2) is 0 Å². The van der Waals surface area contributed by atoms with Crippen LogP contribution in [0.25, 0.3) is 11.1 Å². The van der Waals surface area contributed by atoms with E-state index in [-0.39, 0.29) is 10.9 Å². The molecule has 1 atom stereocenters. The molecule has 0 fully saturated rings. The monoisotopic (exact) mass is 324 g/mol. The molecular formula is C20H20O2S. The Labute approximate surface area is 141 Å². The Morgan fingerprint density at radius 2 is 1.48 bits per heavy atom. The molecule has 2 aromatic carbocycles. The van der Waals surface area contributed by atoms with Crippen molar-refractivity contribution in [1.82, 2.24) is 0 Å². The first-order chi connectivity index (χ1) is 10.9. The Hall–Kier alpha value is -2.00. The quantitative estimate of drug-likeness (QED) is 0.856. The van der Waals surface area contributed by atoms with Crippen LogP contribution >= 0.6 is 11.8 Å². The summed E-state index contributed by atoms with van der Waals surface area (Å²) in [4.78, 5) is 11.8. The summed E-state index contributed by atoms with van der Waals surface area (Å²) in [7, 11) is 0. The van der Waals surface area contributed by atoms with Crippen LogP contribution in [0.4, 0.5) is 0 Å². The van der Waals surface area contributed by atoms with Gasteiger partial charge >= 0.3 is 0 Å². The molecule has 1 heterocycles. The first kappa shape index (κ1) is 15.9. The number of thioether (sulfide) groups is 1. The molecule has 0 aromatic heterocycles. The number of carbonyl (C=O) groups is 1. The van der Waals surface area contributed by atoms with E-state index in [2.05, 4.69) is 55.5 Å². The number of benzene rings is 2. The molecule has 0 aliphatic carbocycles. The van der Waals surface area contributed by atoms with Gasteiger partial charge in [0.05, 0.1) is 4.75 Å². The summed E-state index contributed by atoms with van der Waals surface area (Å²) in [5.41, 5.74) is 5.21. The van der Waals surface area contributed by atoms with E-state index in [1.54, 1.807) is 6.92 Å². The van der Waals surface area contributed by atoms with Crippen molar-refractivity contribution in [3.8, 4) is 11.1 Å². The SMILES string of the molecule is CC1=C(O)C(C)(Cc2ccc(-c3ccc(C)cc3)cc2)SC1=O. The van der Waals surface area contributed by atoms with Gasteiger partial charge in [-0.1, -0.05) is 65.9 Å². The molecule has 0 amide bonds. The van der Waals surface area contributed by atoms with E-state index >= 15 is 0 Å². The molecule has 0 spiro atoms. The number of aliphatic hydroxyl groups is 1. The molecule has 0 radical (unpaired) electrons. The summed E-state index contributed by atoms with van der Waals surface area (Å²) < 4.78 is -0.549. The van der Waals surface area contributed by atoms with E-state index in [1.165, 1.54) is 28.5 Å². The van der Waals surface area contributed by atoms with Crippen LogP contribution in [-0.2, 0) is 11.2 Å². The van der Waals surface area contributed by atoms with Crippen molar-refractivity contribution in [1.29, 1.82) is 0 Å². The first-order valence-electron chi connectivity index (χ1n) is 7.69. The molecule has 3 rings (SSSR count). The summed E-state index contributed by atoms with van der Waals surface area (Å²) in [5.74, 6) is 0.218. The van der Waals surface area contributed by atoms with Crippen molar-refractivity contribution >= 4 is 16.9 Å². The maximum atomic E-state index is 11.8.